The van der Waals surface area contributed by atoms with Crippen molar-refractivity contribution in [1.82, 2.24) is 5.32 Å². The molecule has 4 unspecified atom stereocenters. The van der Waals surface area contributed by atoms with Gasteiger partial charge in [-0.25, -0.2) is 0 Å². The fourth-order valence-corrected chi connectivity index (χ4v) is 5.41. The van der Waals surface area contributed by atoms with Crippen LogP contribution in [0.15, 0.2) is 24.3 Å². The van der Waals surface area contributed by atoms with Gasteiger partial charge >= 0.3 is 11.3 Å². The lowest BCUT2D eigenvalue weighted by molar-refractivity contribution is -0.148. The summed E-state index contributed by atoms with van der Waals surface area (Å²) in [6.45, 7) is 0. The van der Waals surface area contributed by atoms with E-state index in [4.69, 9.17) is 11.6 Å². The standard InChI is InChI=1S/C20H23ClN2O4/c21-19(27)23-15-6-2-1-4-13(15)17(14-5-3-7-16(14)23)20(10-11-24,18(25)26)22-12-8-9-12/h1-2,4,6,11-12,14,16-17,22H,3,5,7-10H2,(H,25,26). The topological polar surface area (TPSA) is 86.7 Å². The Labute approximate surface area is 162 Å². The number of aldehydes is 1. The summed E-state index contributed by atoms with van der Waals surface area (Å²) in [5.74, 6) is -1.45. The second kappa shape index (κ2) is 6.91. The number of aliphatic carboxylic acids is 1. The number of anilines is 1. The Morgan fingerprint density at radius 2 is 2.00 bits per heavy atom. The van der Waals surface area contributed by atoms with Crippen molar-refractivity contribution in [2.75, 3.05) is 4.90 Å². The molecule has 1 heterocycles. The molecule has 4 atom stereocenters. The molecule has 1 aromatic rings. The summed E-state index contributed by atoms with van der Waals surface area (Å²) in [6, 6.07) is 7.36. The highest BCUT2D eigenvalue weighted by atomic mass is 35.5. The van der Waals surface area contributed by atoms with Gasteiger partial charge in [-0.2, -0.15) is 0 Å². The number of carbonyl (C=O) groups is 3. The number of rotatable bonds is 6. The molecule has 6 nitrogen and oxygen atoms in total. The van der Waals surface area contributed by atoms with Gasteiger partial charge in [0.15, 0.2) is 0 Å². The molecule has 4 rings (SSSR count). The number of carboxylic acid groups (broad SMARTS) is 1. The van der Waals surface area contributed by atoms with Crippen LogP contribution in [0.5, 0.6) is 0 Å². The zero-order valence-corrected chi connectivity index (χ0v) is 15.7. The van der Waals surface area contributed by atoms with Crippen molar-refractivity contribution in [2.45, 2.75) is 62.1 Å². The second-order valence-corrected chi connectivity index (χ2v) is 8.21. The van der Waals surface area contributed by atoms with Gasteiger partial charge in [0.1, 0.15) is 11.8 Å². The van der Waals surface area contributed by atoms with Crippen LogP contribution in [0.4, 0.5) is 10.5 Å². The van der Waals surface area contributed by atoms with E-state index < -0.39 is 22.8 Å². The van der Waals surface area contributed by atoms with E-state index in [9.17, 15) is 19.5 Å². The predicted molar refractivity (Wildman–Crippen MR) is 101 cm³/mol. The smallest absolute Gasteiger partial charge is 0.325 e. The minimum Gasteiger partial charge on any atom is -0.480 e. The molecule has 0 saturated heterocycles. The maximum absolute atomic E-state index is 12.6. The summed E-state index contributed by atoms with van der Waals surface area (Å²) in [7, 11) is 0. The molecule has 144 valence electrons. The lowest BCUT2D eigenvalue weighted by Gasteiger charge is -2.49. The van der Waals surface area contributed by atoms with Gasteiger partial charge in [-0.15, -0.1) is 0 Å². The Bertz CT molecular complexity index is 781. The zero-order valence-electron chi connectivity index (χ0n) is 14.9. The molecule has 0 radical (unpaired) electrons. The van der Waals surface area contributed by atoms with Gasteiger partial charge in [0, 0.05) is 30.1 Å². The first-order valence-corrected chi connectivity index (χ1v) is 9.89. The van der Waals surface area contributed by atoms with Gasteiger partial charge in [0.25, 0.3) is 0 Å². The van der Waals surface area contributed by atoms with Crippen LogP contribution in [-0.2, 0) is 9.59 Å². The van der Waals surface area contributed by atoms with E-state index in [1.54, 1.807) is 4.90 Å². The van der Waals surface area contributed by atoms with Gasteiger partial charge in [-0.3, -0.25) is 19.8 Å². The maximum atomic E-state index is 12.6. The summed E-state index contributed by atoms with van der Waals surface area (Å²) in [4.78, 5) is 37.9. The highest BCUT2D eigenvalue weighted by Gasteiger charge is 2.57. The minimum absolute atomic E-state index is 0.0510. The Hall–Kier alpha value is -1.92. The van der Waals surface area contributed by atoms with E-state index in [-0.39, 0.29) is 24.4 Å². The fourth-order valence-electron chi connectivity index (χ4n) is 5.19. The Kier molecular flexibility index (Phi) is 4.72. The molecule has 2 aliphatic carbocycles. The number of carbonyl (C=O) groups excluding carboxylic acids is 2. The van der Waals surface area contributed by atoms with E-state index in [0.717, 1.165) is 37.7 Å². The second-order valence-electron chi connectivity index (χ2n) is 7.89. The number of carboxylic acids is 1. The monoisotopic (exact) mass is 390 g/mol. The average Bonchev–Trinajstić information content (AvgIpc) is 3.32. The molecule has 2 N–H and O–H groups in total. The van der Waals surface area contributed by atoms with E-state index >= 15 is 0 Å². The Morgan fingerprint density at radius 3 is 2.63 bits per heavy atom. The first-order chi connectivity index (χ1) is 13.0. The van der Waals surface area contributed by atoms with Crippen molar-refractivity contribution in [1.29, 1.82) is 0 Å². The highest BCUT2D eigenvalue weighted by molar-refractivity contribution is 6.66. The average molecular weight is 391 g/mol. The van der Waals surface area contributed by atoms with Crippen LogP contribution in [-0.4, -0.2) is 40.4 Å². The normalized spacial score (nSPS) is 28.8. The molecule has 2 fully saturated rings. The van der Waals surface area contributed by atoms with Gasteiger partial charge in [0.05, 0.1) is 0 Å². The quantitative estimate of drug-likeness (QED) is 0.442. The molecule has 3 aliphatic rings. The molecule has 0 aromatic heterocycles. The van der Waals surface area contributed by atoms with Gasteiger partial charge in [-0.05, 0) is 54.8 Å². The first-order valence-electron chi connectivity index (χ1n) is 9.52. The number of hydrogen-bond acceptors (Lipinski definition) is 4. The number of nitrogens with zero attached hydrogens (tertiary/aromatic N) is 1. The van der Waals surface area contributed by atoms with Crippen LogP contribution in [0.3, 0.4) is 0 Å². The third kappa shape index (κ3) is 2.95. The van der Waals surface area contributed by atoms with Crippen molar-refractivity contribution in [2.24, 2.45) is 5.92 Å². The van der Waals surface area contributed by atoms with Crippen LogP contribution in [0.1, 0.15) is 50.0 Å². The lowest BCUT2D eigenvalue weighted by Crippen LogP contribution is -2.62. The molecule has 2 saturated carbocycles. The molecular weight excluding hydrogens is 368 g/mol. The Morgan fingerprint density at radius 1 is 1.26 bits per heavy atom. The maximum Gasteiger partial charge on any atom is 0.325 e. The number of nitrogens with one attached hydrogen (secondary N) is 1. The number of para-hydroxylation sites is 1. The van der Waals surface area contributed by atoms with E-state index in [1.165, 1.54) is 0 Å². The third-order valence-electron chi connectivity index (χ3n) is 6.37. The first kappa shape index (κ1) is 18.4. The van der Waals surface area contributed by atoms with Crippen molar-refractivity contribution < 1.29 is 19.5 Å². The van der Waals surface area contributed by atoms with Gasteiger partial charge in [0.2, 0.25) is 0 Å². The molecule has 1 aromatic carbocycles. The van der Waals surface area contributed by atoms with Gasteiger partial charge < -0.3 is 9.90 Å². The largest absolute Gasteiger partial charge is 0.480 e. The van der Waals surface area contributed by atoms with E-state index in [0.29, 0.717) is 12.0 Å². The zero-order chi connectivity index (χ0) is 19.2. The number of benzene rings is 1. The predicted octanol–water partition coefficient (Wildman–Crippen LogP) is 3.28. The van der Waals surface area contributed by atoms with Crippen molar-refractivity contribution in [3.63, 3.8) is 0 Å². The lowest BCUT2D eigenvalue weighted by atomic mass is 9.65. The van der Waals surface area contributed by atoms with Crippen LogP contribution in [0, 0.1) is 5.92 Å². The molecule has 27 heavy (non-hydrogen) atoms. The van der Waals surface area contributed by atoms with Crippen LogP contribution in [0.25, 0.3) is 0 Å². The molecule has 7 heteroatoms. The van der Waals surface area contributed by atoms with Crippen LogP contribution >= 0.6 is 11.6 Å². The molecule has 1 amide bonds. The summed E-state index contributed by atoms with van der Waals surface area (Å²) < 4.78 is 0. The van der Waals surface area contributed by atoms with Crippen molar-refractivity contribution in [3.05, 3.63) is 29.8 Å². The summed E-state index contributed by atoms with van der Waals surface area (Å²) >= 11 is 5.93. The van der Waals surface area contributed by atoms with Crippen molar-refractivity contribution >= 4 is 34.9 Å². The molecule has 1 aliphatic heterocycles. The number of amides is 1. The number of hydrogen-bond donors (Lipinski definition) is 2. The Balaban J connectivity index is 1.90. The third-order valence-corrected chi connectivity index (χ3v) is 6.55. The summed E-state index contributed by atoms with van der Waals surface area (Å²) in [6.07, 6.45) is 4.94. The minimum atomic E-state index is -1.37. The van der Waals surface area contributed by atoms with Crippen LogP contribution < -0.4 is 10.2 Å². The van der Waals surface area contributed by atoms with Crippen molar-refractivity contribution in [3.8, 4) is 0 Å². The molecular formula is C20H23ClN2O4. The van der Waals surface area contributed by atoms with Crippen LogP contribution in [0.2, 0.25) is 0 Å². The van der Waals surface area contributed by atoms with Gasteiger partial charge in [-0.1, -0.05) is 24.6 Å². The fraction of sp³-hybridized carbons (Fsp3) is 0.550. The summed E-state index contributed by atoms with van der Waals surface area (Å²) in [5, 5.41) is 13.0. The van der Waals surface area contributed by atoms with E-state index in [2.05, 4.69) is 5.32 Å². The summed E-state index contributed by atoms with van der Waals surface area (Å²) in [5.41, 5.74) is 0.0834. The number of fused-ring (bicyclic) bond motifs is 2. The number of halogens is 1. The SMILES string of the molecule is O=CCC(NC1CC1)(C(=O)O)C1c2ccccc2N(C(=O)Cl)C2CCCC21. The molecule has 0 spiro atoms. The highest BCUT2D eigenvalue weighted by Crippen LogP contribution is 2.54. The van der Waals surface area contributed by atoms with E-state index in [1.807, 2.05) is 24.3 Å². The molecule has 0 bridgehead atoms.